The maximum absolute atomic E-state index is 13.5. The Morgan fingerprint density at radius 1 is 0.935 bits per heavy atom. The van der Waals surface area contributed by atoms with Gasteiger partial charge in [-0.15, -0.1) is 0 Å². The fraction of sp³-hybridized carbons (Fsp3) is 0.405. The van der Waals surface area contributed by atoms with E-state index >= 15 is 0 Å². The van der Waals surface area contributed by atoms with E-state index in [0.29, 0.717) is 51.6 Å². The number of aryl methyl sites for hydroxylation is 1. The zero-order chi connectivity index (χ0) is 32.4. The first kappa shape index (κ1) is 32.9. The summed E-state index contributed by atoms with van der Waals surface area (Å²) >= 11 is 18.3. The van der Waals surface area contributed by atoms with Crippen molar-refractivity contribution in [2.45, 2.75) is 83.6 Å². The van der Waals surface area contributed by atoms with Crippen molar-refractivity contribution in [2.75, 3.05) is 6.54 Å². The predicted molar refractivity (Wildman–Crippen MR) is 187 cm³/mol. The Morgan fingerprint density at radius 2 is 1.67 bits per heavy atom. The number of rotatable bonds is 12. The molecule has 0 radical (unpaired) electrons. The summed E-state index contributed by atoms with van der Waals surface area (Å²) in [5, 5.41) is 5.52. The molecule has 1 unspecified atom stereocenters. The van der Waals surface area contributed by atoms with Crippen molar-refractivity contribution in [3.05, 3.63) is 98.6 Å². The maximum atomic E-state index is 13.5. The van der Waals surface area contributed by atoms with Gasteiger partial charge in [0.2, 0.25) is 0 Å². The third kappa shape index (κ3) is 7.41. The second-order valence-electron chi connectivity index (χ2n) is 12.9. The third-order valence-corrected chi connectivity index (χ3v) is 10.3. The largest absolute Gasteiger partial charge is 0.489 e. The molecule has 2 saturated heterocycles. The van der Waals surface area contributed by atoms with Gasteiger partial charge in [0, 0.05) is 60.3 Å². The molecule has 3 heterocycles. The molecule has 0 aliphatic carbocycles. The number of amides is 1. The van der Waals surface area contributed by atoms with Crippen molar-refractivity contribution in [3.63, 3.8) is 0 Å². The number of hydrogen-bond donors (Lipinski definition) is 1. The van der Waals surface area contributed by atoms with E-state index in [4.69, 9.17) is 39.5 Å². The Hall–Kier alpha value is -3.03. The summed E-state index contributed by atoms with van der Waals surface area (Å²) in [5.74, 6) is 1.27. The van der Waals surface area contributed by atoms with Gasteiger partial charge in [0.1, 0.15) is 5.75 Å². The highest BCUT2D eigenvalue weighted by Gasteiger charge is 2.40. The number of benzene rings is 3. The minimum atomic E-state index is -0.148. The molecule has 0 saturated carbocycles. The summed E-state index contributed by atoms with van der Waals surface area (Å²) < 4.78 is 8.39. The van der Waals surface area contributed by atoms with Crippen molar-refractivity contribution in [1.29, 1.82) is 0 Å². The summed E-state index contributed by atoms with van der Waals surface area (Å²) in [6, 6.07) is 19.6. The molecule has 1 N–H and O–H groups in total. The monoisotopic (exact) mass is 679 g/mol. The summed E-state index contributed by atoms with van der Waals surface area (Å²) in [6.07, 6.45) is 8.04. The first-order chi connectivity index (χ1) is 22.2. The number of halogens is 3. The normalized spacial score (nSPS) is 19.6. The van der Waals surface area contributed by atoms with Crippen molar-refractivity contribution in [2.24, 2.45) is 5.92 Å². The van der Waals surface area contributed by atoms with Crippen LogP contribution in [0.5, 0.6) is 5.75 Å². The average Bonchev–Trinajstić information content (AvgIpc) is 3.51. The fourth-order valence-corrected chi connectivity index (χ4v) is 7.76. The van der Waals surface area contributed by atoms with Gasteiger partial charge in [-0.2, -0.15) is 0 Å². The lowest BCUT2D eigenvalue weighted by atomic mass is 9.85. The molecule has 0 spiro atoms. The molecule has 3 atom stereocenters. The molecule has 3 aromatic carbocycles. The topological polar surface area (TPSA) is 63.6 Å². The highest BCUT2D eigenvalue weighted by atomic mass is 35.5. The van der Waals surface area contributed by atoms with Crippen molar-refractivity contribution >= 4 is 57.4 Å². The molecule has 6 nitrogen and oxygen atoms in total. The molecule has 9 heteroatoms. The number of nitrogens with one attached hydrogen (secondary N) is 1. The highest BCUT2D eigenvalue weighted by Crippen LogP contribution is 2.40. The highest BCUT2D eigenvalue weighted by molar-refractivity contribution is 6.42. The Morgan fingerprint density at radius 3 is 2.37 bits per heavy atom. The summed E-state index contributed by atoms with van der Waals surface area (Å²) in [4.78, 5) is 29.1. The summed E-state index contributed by atoms with van der Waals surface area (Å²) in [7, 11) is 0. The summed E-state index contributed by atoms with van der Waals surface area (Å²) in [5.41, 5.74) is 3.19. The average molecular weight is 681 g/mol. The van der Waals surface area contributed by atoms with Gasteiger partial charge in [0.15, 0.2) is 5.78 Å². The molecule has 2 fully saturated rings. The molecule has 2 aliphatic rings. The zero-order valence-corrected chi connectivity index (χ0v) is 28.5. The van der Waals surface area contributed by atoms with E-state index in [1.165, 1.54) is 12.8 Å². The van der Waals surface area contributed by atoms with Crippen LogP contribution in [0.15, 0.2) is 66.9 Å². The van der Waals surface area contributed by atoms with Crippen LogP contribution < -0.4 is 10.1 Å². The minimum absolute atomic E-state index is 0.00405. The number of aromatic nitrogens is 1. The molecular formula is C37H40Cl3N3O3. The van der Waals surface area contributed by atoms with E-state index in [9.17, 15) is 9.59 Å². The Labute approximate surface area is 285 Å². The number of carbonyl (C=O) groups excluding carboxylic acids is 2. The van der Waals surface area contributed by atoms with E-state index in [1.54, 1.807) is 24.3 Å². The Bertz CT molecular complexity index is 1700. The lowest BCUT2D eigenvalue weighted by molar-refractivity contribution is 0.0807. The van der Waals surface area contributed by atoms with E-state index in [1.807, 2.05) is 56.4 Å². The number of fused-ring (bicyclic) bond motifs is 3. The second-order valence-corrected chi connectivity index (χ2v) is 14.2. The SMILES string of the molecule is CC(C)Oc1cccc2c(C(=O)NCc3ccc(Cl)c(Cl)c3)cn(CCCN3[C@@H]4CC[C@H]3CC(CC(=O)c3ccc(Cl)cc3)C4)c12. The van der Waals surface area contributed by atoms with Crippen molar-refractivity contribution in [3.8, 4) is 5.75 Å². The van der Waals surface area contributed by atoms with Gasteiger partial charge in [0.25, 0.3) is 5.91 Å². The lowest BCUT2D eigenvalue weighted by Gasteiger charge is -2.39. The number of carbonyl (C=O) groups is 2. The number of nitrogens with zero attached hydrogens (tertiary/aromatic N) is 2. The van der Waals surface area contributed by atoms with E-state index < -0.39 is 0 Å². The number of piperidine rings is 1. The molecular weight excluding hydrogens is 641 g/mol. The number of ether oxygens (including phenoxy) is 1. The lowest BCUT2D eigenvalue weighted by Crippen LogP contribution is -2.43. The second kappa shape index (κ2) is 14.4. The standard InChI is InChI=1S/C37H40Cl3N3O3/c1-23(2)46-35-6-3-5-30-31(37(45)41-21-24-7-14-32(39)33(40)19-24)22-42(36(30)35)15-4-16-43-28-12-13-29(43)18-25(17-28)20-34(44)26-8-10-27(38)11-9-26/h3,5-11,14,19,22-23,25,28-29H,4,12-13,15-18,20-21H2,1-2H3,(H,41,45)/t25?,28-,29+. The van der Waals surface area contributed by atoms with Crippen LogP contribution >= 0.6 is 34.8 Å². The van der Waals surface area contributed by atoms with Gasteiger partial charge >= 0.3 is 0 Å². The zero-order valence-electron chi connectivity index (χ0n) is 26.3. The molecule has 4 aromatic rings. The van der Waals surface area contributed by atoms with Crippen LogP contribution in [0, 0.1) is 5.92 Å². The van der Waals surface area contributed by atoms with Crippen LogP contribution in [0.2, 0.25) is 15.1 Å². The number of ketones is 1. The van der Waals surface area contributed by atoms with Crippen LogP contribution in [0.4, 0.5) is 0 Å². The summed E-state index contributed by atoms with van der Waals surface area (Å²) in [6.45, 7) is 6.12. The number of hydrogen-bond acceptors (Lipinski definition) is 4. The third-order valence-electron chi connectivity index (χ3n) is 9.34. The van der Waals surface area contributed by atoms with Gasteiger partial charge in [-0.25, -0.2) is 0 Å². The van der Waals surface area contributed by atoms with Gasteiger partial charge in [-0.1, -0.05) is 53.0 Å². The van der Waals surface area contributed by atoms with Crippen LogP contribution in [0.3, 0.4) is 0 Å². The first-order valence-corrected chi connectivity index (χ1v) is 17.3. The van der Waals surface area contributed by atoms with Crippen LogP contribution in [-0.2, 0) is 13.1 Å². The molecule has 1 amide bonds. The van der Waals surface area contributed by atoms with Gasteiger partial charge in [0.05, 0.1) is 27.2 Å². The Balaban J connectivity index is 1.12. The smallest absolute Gasteiger partial charge is 0.253 e. The van der Waals surface area contributed by atoms with Gasteiger partial charge in [-0.05, 0) is 99.9 Å². The maximum Gasteiger partial charge on any atom is 0.253 e. The number of Topliss-reactive ketones (excluding diaryl/α,β-unsaturated/α-hetero) is 1. The van der Waals surface area contributed by atoms with Gasteiger partial charge < -0.3 is 14.6 Å². The molecule has 6 rings (SSSR count). The van der Waals surface area contributed by atoms with Crippen LogP contribution in [0.1, 0.15) is 78.7 Å². The van der Waals surface area contributed by atoms with E-state index in [2.05, 4.69) is 14.8 Å². The van der Waals surface area contributed by atoms with Crippen LogP contribution in [-0.4, -0.2) is 45.9 Å². The molecule has 2 bridgehead atoms. The molecule has 1 aromatic heterocycles. The van der Waals surface area contributed by atoms with Crippen molar-refractivity contribution in [1.82, 2.24) is 14.8 Å². The number of para-hydroxylation sites is 1. The van der Waals surface area contributed by atoms with Gasteiger partial charge in [-0.3, -0.25) is 14.5 Å². The van der Waals surface area contributed by atoms with Crippen LogP contribution in [0.25, 0.3) is 10.9 Å². The van der Waals surface area contributed by atoms with E-state index in [-0.39, 0.29) is 17.8 Å². The predicted octanol–water partition coefficient (Wildman–Crippen LogP) is 9.22. The Kier molecular flexibility index (Phi) is 10.3. The quantitative estimate of drug-likeness (QED) is 0.152. The first-order valence-electron chi connectivity index (χ1n) is 16.2. The molecule has 242 valence electrons. The molecule has 46 heavy (non-hydrogen) atoms. The molecule has 2 aliphatic heterocycles. The van der Waals surface area contributed by atoms with E-state index in [0.717, 1.165) is 60.1 Å². The van der Waals surface area contributed by atoms with Crippen molar-refractivity contribution < 1.29 is 14.3 Å². The fourth-order valence-electron chi connectivity index (χ4n) is 7.32. The minimum Gasteiger partial charge on any atom is -0.489 e.